The van der Waals surface area contributed by atoms with Crippen LogP contribution in [0, 0.1) is 0 Å². The van der Waals surface area contributed by atoms with Crippen molar-refractivity contribution in [2.75, 3.05) is 26.2 Å². The SMILES string of the molecule is COC(=O)c1csc(N(C)Cc2cccc(OC)c2)n1. The lowest BCUT2D eigenvalue weighted by molar-refractivity contribution is 0.0595. The average Bonchev–Trinajstić information content (AvgIpc) is 2.96. The van der Waals surface area contributed by atoms with Crippen molar-refractivity contribution in [3.8, 4) is 5.75 Å². The molecule has 1 aromatic heterocycles. The minimum atomic E-state index is -0.415. The zero-order chi connectivity index (χ0) is 14.5. The Bertz CT molecular complexity index is 598. The third kappa shape index (κ3) is 3.27. The van der Waals surface area contributed by atoms with Crippen molar-refractivity contribution in [3.63, 3.8) is 0 Å². The Kier molecular flexibility index (Phi) is 4.57. The zero-order valence-corrected chi connectivity index (χ0v) is 12.4. The first kappa shape index (κ1) is 14.3. The van der Waals surface area contributed by atoms with Gasteiger partial charge in [0.1, 0.15) is 5.75 Å². The van der Waals surface area contributed by atoms with Crippen LogP contribution in [-0.2, 0) is 11.3 Å². The minimum Gasteiger partial charge on any atom is -0.497 e. The Hall–Kier alpha value is -2.08. The summed E-state index contributed by atoms with van der Waals surface area (Å²) in [5.74, 6) is 0.410. The number of carbonyl (C=O) groups is 1. The maximum Gasteiger partial charge on any atom is 0.357 e. The van der Waals surface area contributed by atoms with Gasteiger partial charge in [-0.05, 0) is 17.7 Å². The number of carbonyl (C=O) groups excluding carboxylic acids is 1. The maximum absolute atomic E-state index is 11.4. The van der Waals surface area contributed by atoms with Gasteiger partial charge >= 0.3 is 5.97 Å². The van der Waals surface area contributed by atoms with Crippen LogP contribution in [-0.4, -0.2) is 32.2 Å². The second-order valence-corrected chi connectivity index (χ2v) is 5.05. The molecule has 2 rings (SSSR count). The molecule has 6 heteroatoms. The average molecular weight is 292 g/mol. The molecule has 20 heavy (non-hydrogen) atoms. The molecular weight excluding hydrogens is 276 g/mol. The number of methoxy groups -OCH3 is 2. The molecular formula is C14H16N2O3S. The van der Waals surface area contributed by atoms with Gasteiger partial charge in [0, 0.05) is 19.0 Å². The Balaban J connectivity index is 2.09. The topological polar surface area (TPSA) is 51.7 Å². The maximum atomic E-state index is 11.4. The first-order valence-electron chi connectivity index (χ1n) is 6.02. The molecule has 0 amide bonds. The number of hydrogen-bond donors (Lipinski definition) is 0. The Morgan fingerprint density at radius 3 is 2.90 bits per heavy atom. The molecule has 0 saturated heterocycles. The highest BCUT2D eigenvalue weighted by molar-refractivity contribution is 7.13. The summed E-state index contributed by atoms with van der Waals surface area (Å²) in [6.07, 6.45) is 0. The number of esters is 1. The van der Waals surface area contributed by atoms with Gasteiger partial charge in [-0.3, -0.25) is 0 Å². The van der Waals surface area contributed by atoms with Crippen molar-refractivity contribution in [1.82, 2.24) is 4.98 Å². The van der Waals surface area contributed by atoms with Gasteiger partial charge in [-0.25, -0.2) is 9.78 Å². The molecule has 0 radical (unpaired) electrons. The van der Waals surface area contributed by atoms with E-state index in [1.54, 1.807) is 12.5 Å². The zero-order valence-electron chi connectivity index (χ0n) is 11.6. The van der Waals surface area contributed by atoms with E-state index in [1.807, 2.05) is 36.2 Å². The summed E-state index contributed by atoms with van der Waals surface area (Å²) in [5.41, 5.74) is 1.45. The van der Waals surface area contributed by atoms with E-state index in [4.69, 9.17) is 4.74 Å². The lowest BCUT2D eigenvalue weighted by Crippen LogP contribution is -2.16. The lowest BCUT2D eigenvalue weighted by atomic mass is 10.2. The highest BCUT2D eigenvalue weighted by atomic mass is 32.1. The third-order valence-electron chi connectivity index (χ3n) is 2.77. The fourth-order valence-corrected chi connectivity index (χ4v) is 2.51. The van der Waals surface area contributed by atoms with E-state index in [0.717, 1.165) is 16.4 Å². The van der Waals surface area contributed by atoms with Crippen LogP contribution in [0.15, 0.2) is 29.6 Å². The molecule has 0 saturated carbocycles. The molecule has 0 spiro atoms. The van der Waals surface area contributed by atoms with Crippen molar-refractivity contribution < 1.29 is 14.3 Å². The number of aromatic nitrogens is 1. The summed E-state index contributed by atoms with van der Waals surface area (Å²) in [6.45, 7) is 0.686. The lowest BCUT2D eigenvalue weighted by Gasteiger charge is -2.16. The van der Waals surface area contributed by atoms with Crippen LogP contribution in [0.25, 0.3) is 0 Å². The van der Waals surface area contributed by atoms with Crippen LogP contribution in [0.5, 0.6) is 5.75 Å². The second kappa shape index (κ2) is 6.38. The molecule has 0 unspecified atom stereocenters. The van der Waals surface area contributed by atoms with Gasteiger partial charge in [0.2, 0.25) is 0 Å². The molecule has 0 atom stereocenters. The molecule has 1 aromatic carbocycles. The van der Waals surface area contributed by atoms with Gasteiger partial charge in [-0.1, -0.05) is 12.1 Å². The number of benzene rings is 1. The second-order valence-electron chi connectivity index (χ2n) is 4.21. The van der Waals surface area contributed by atoms with Crippen molar-refractivity contribution in [3.05, 3.63) is 40.9 Å². The van der Waals surface area contributed by atoms with Crippen LogP contribution < -0.4 is 9.64 Å². The van der Waals surface area contributed by atoms with E-state index < -0.39 is 5.97 Å². The number of ether oxygens (including phenoxy) is 2. The summed E-state index contributed by atoms with van der Waals surface area (Å²) in [6, 6.07) is 7.85. The monoisotopic (exact) mass is 292 g/mol. The predicted octanol–water partition coefficient (Wildman–Crippen LogP) is 2.57. The fraction of sp³-hybridized carbons (Fsp3) is 0.286. The number of hydrogen-bond acceptors (Lipinski definition) is 6. The predicted molar refractivity (Wildman–Crippen MR) is 78.6 cm³/mol. The van der Waals surface area contributed by atoms with Crippen LogP contribution in [0.2, 0.25) is 0 Å². The highest BCUT2D eigenvalue weighted by Gasteiger charge is 2.13. The van der Waals surface area contributed by atoms with Crippen LogP contribution in [0.1, 0.15) is 16.1 Å². The number of rotatable bonds is 5. The van der Waals surface area contributed by atoms with Gasteiger partial charge < -0.3 is 14.4 Å². The summed E-state index contributed by atoms with van der Waals surface area (Å²) in [4.78, 5) is 17.6. The number of thiazole rings is 1. The summed E-state index contributed by atoms with van der Waals surface area (Å²) in [5, 5.41) is 2.47. The summed E-state index contributed by atoms with van der Waals surface area (Å²) in [7, 11) is 4.92. The quantitative estimate of drug-likeness (QED) is 0.793. The third-order valence-corrected chi connectivity index (χ3v) is 3.72. The van der Waals surface area contributed by atoms with Gasteiger partial charge in [0.25, 0.3) is 0 Å². The summed E-state index contributed by atoms with van der Waals surface area (Å²) >= 11 is 1.41. The minimum absolute atomic E-state index is 0.338. The van der Waals surface area contributed by atoms with Crippen LogP contribution >= 0.6 is 11.3 Å². The van der Waals surface area contributed by atoms with E-state index in [-0.39, 0.29) is 0 Å². The molecule has 2 aromatic rings. The first-order valence-corrected chi connectivity index (χ1v) is 6.90. The van der Waals surface area contributed by atoms with E-state index in [9.17, 15) is 4.79 Å². The highest BCUT2D eigenvalue weighted by Crippen LogP contribution is 2.22. The van der Waals surface area contributed by atoms with Crippen LogP contribution in [0.3, 0.4) is 0 Å². The molecule has 106 valence electrons. The van der Waals surface area contributed by atoms with Crippen molar-refractivity contribution >= 4 is 22.4 Å². The standard InChI is InChI=1S/C14H16N2O3S/c1-16(8-10-5-4-6-11(7-10)18-2)14-15-12(9-20-14)13(17)19-3/h4-7,9H,8H2,1-3H3. The van der Waals surface area contributed by atoms with E-state index in [2.05, 4.69) is 9.72 Å². The van der Waals surface area contributed by atoms with E-state index in [0.29, 0.717) is 12.2 Å². The molecule has 0 aliphatic carbocycles. The molecule has 5 nitrogen and oxygen atoms in total. The van der Waals surface area contributed by atoms with Crippen molar-refractivity contribution in [2.24, 2.45) is 0 Å². The van der Waals surface area contributed by atoms with Crippen LogP contribution in [0.4, 0.5) is 5.13 Å². The molecule has 0 aliphatic heterocycles. The van der Waals surface area contributed by atoms with Gasteiger partial charge in [0.05, 0.1) is 14.2 Å². The molecule has 0 aliphatic rings. The van der Waals surface area contributed by atoms with Gasteiger partial charge in [0.15, 0.2) is 10.8 Å². The fourth-order valence-electron chi connectivity index (χ4n) is 1.75. The molecule has 1 heterocycles. The largest absolute Gasteiger partial charge is 0.497 e. The van der Waals surface area contributed by atoms with Crippen molar-refractivity contribution in [2.45, 2.75) is 6.54 Å². The smallest absolute Gasteiger partial charge is 0.357 e. The molecule has 0 bridgehead atoms. The van der Waals surface area contributed by atoms with E-state index >= 15 is 0 Å². The normalized spacial score (nSPS) is 10.2. The molecule has 0 fully saturated rings. The van der Waals surface area contributed by atoms with Gasteiger partial charge in [-0.15, -0.1) is 11.3 Å². The molecule has 0 N–H and O–H groups in total. The van der Waals surface area contributed by atoms with E-state index in [1.165, 1.54) is 18.4 Å². The Labute approximate surface area is 121 Å². The first-order chi connectivity index (χ1) is 9.63. The van der Waals surface area contributed by atoms with Gasteiger partial charge in [-0.2, -0.15) is 0 Å². The Morgan fingerprint density at radius 2 is 2.20 bits per heavy atom. The van der Waals surface area contributed by atoms with Crippen molar-refractivity contribution in [1.29, 1.82) is 0 Å². The summed E-state index contributed by atoms with van der Waals surface area (Å²) < 4.78 is 9.85. The number of nitrogens with zero attached hydrogens (tertiary/aromatic N) is 2. The number of anilines is 1. The Morgan fingerprint density at radius 1 is 1.40 bits per heavy atom.